The Morgan fingerprint density at radius 1 is 1.50 bits per heavy atom. The minimum atomic E-state index is -0.374. The Labute approximate surface area is 116 Å². The van der Waals surface area contributed by atoms with E-state index in [9.17, 15) is 4.79 Å². The first-order chi connectivity index (χ1) is 8.72. The van der Waals surface area contributed by atoms with E-state index in [1.807, 2.05) is 31.2 Å². The molecule has 1 unspecified atom stereocenters. The second-order valence-corrected chi connectivity index (χ2v) is 5.41. The highest BCUT2D eigenvalue weighted by molar-refractivity contribution is 9.10. The normalized spacial score (nSPS) is 16.3. The van der Waals surface area contributed by atoms with Crippen LogP contribution in [0.15, 0.2) is 28.7 Å². The van der Waals surface area contributed by atoms with Crippen molar-refractivity contribution in [2.45, 2.75) is 25.8 Å². The third kappa shape index (κ3) is 3.56. The Hall–Kier alpha value is -0.870. The smallest absolute Gasteiger partial charge is 0.327 e. The van der Waals surface area contributed by atoms with Crippen molar-refractivity contribution in [1.82, 2.24) is 5.32 Å². The minimum Gasteiger partial charge on any atom is -0.465 e. The highest BCUT2D eigenvalue weighted by atomic mass is 79.9. The molecule has 0 amide bonds. The van der Waals surface area contributed by atoms with E-state index in [2.05, 4.69) is 21.2 Å². The molecule has 1 aliphatic rings. The van der Waals surface area contributed by atoms with Crippen molar-refractivity contribution in [3.63, 3.8) is 0 Å². The molecule has 1 aromatic carbocycles. The summed E-state index contributed by atoms with van der Waals surface area (Å²) in [6.45, 7) is 3.12. The average Bonchev–Trinajstić information content (AvgIpc) is 3.16. The molecule has 0 radical (unpaired) electrons. The van der Waals surface area contributed by atoms with Crippen molar-refractivity contribution in [2.75, 3.05) is 13.2 Å². The fourth-order valence-corrected chi connectivity index (χ4v) is 2.38. The number of hydrogen-bond acceptors (Lipinski definition) is 3. The van der Waals surface area contributed by atoms with Crippen molar-refractivity contribution in [3.05, 3.63) is 34.3 Å². The number of benzene rings is 1. The second kappa shape index (κ2) is 6.34. The van der Waals surface area contributed by atoms with E-state index in [0.717, 1.165) is 22.5 Å². The van der Waals surface area contributed by atoms with Gasteiger partial charge in [-0.05, 0) is 43.9 Å². The molecule has 0 aromatic heterocycles. The van der Waals surface area contributed by atoms with Gasteiger partial charge in [-0.2, -0.15) is 0 Å². The van der Waals surface area contributed by atoms with Crippen LogP contribution in [0.2, 0.25) is 0 Å². The summed E-state index contributed by atoms with van der Waals surface area (Å²) in [5, 5.41) is 3.32. The van der Waals surface area contributed by atoms with Gasteiger partial charge in [-0.15, -0.1) is 0 Å². The molecule has 1 atom stereocenters. The molecule has 0 aliphatic heterocycles. The number of carbonyl (C=O) groups is 1. The molecule has 1 aliphatic carbocycles. The zero-order chi connectivity index (χ0) is 13.0. The van der Waals surface area contributed by atoms with Gasteiger partial charge in [0.1, 0.15) is 6.04 Å². The molecular weight excluding hydrogens is 294 g/mol. The molecule has 0 spiro atoms. The van der Waals surface area contributed by atoms with Crippen LogP contribution in [-0.4, -0.2) is 19.1 Å². The second-order valence-electron chi connectivity index (χ2n) is 4.56. The summed E-state index contributed by atoms with van der Waals surface area (Å²) in [5.41, 5.74) is 0.941. The Morgan fingerprint density at radius 3 is 2.83 bits per heavy atom. The molecule has 1 N–H and O–H groups in total. The number of ether oxygens (including phenoxy) is 1. The number of halogens is 1. The van der Waals surface area contributed by atoms with Crippen LogP contribution in [0.5, 0.6) is 0 Å². The Morgan fingerprint density at radius 2 is 2.22 bits per heavy atom. The third-order valence-electron chi connectivity index (χ3n) is 3.05. The Balaban J connectivity index is 2.11. The lowest BCUT2D eigenvalue weighted by Crippen LogP contribution is -2.32. The molecule has 18 heavy (non-hydrogen) atoms. The highest BCUT2D eigenvalue weighted by Gasteiger charge is 2.27. The zero-order valence-electron chi connectivity index (χ0n) is 10.5. The first-order valence-electron chi connectivity index (χ1n) is 6.36. The molecular formula is C14H18BrNO2. The van der Waals surface area contributed by atoms with Gasteiger partial charge in [-0.25, -0.2) is 4.79 Å². The maximum absolute atomic E-state index is 12.0. The largest absolute Gasteiger partial charge is 0.465 e. The highest BCUT2D eigenvalue weighted by Crippen LogP contribution is 2.30. The molecule has 1 saturated carbocycles. The van der Waals surface area contributed by atoms with Crippen LogP contribution in [0.3, 0.4) is 0 Å². The molecule has 1 aromatic rings. The third-order valence-corrected chi connectivity index (χ3v) is 3.77. The van der Waals surface area contributed by atoms with Gasteiger partial charge in [0.2, 0.25) is 0 Å². The van der Waals surface area contributed by atoms with Gasteiger partial charge in [0.05, 0.1) is 6.61 Å². The molecule has 0 saturated heterocycles. The number of hydrogen-bond donors (Lipinski definition) is 1. The summed E-state index contributed by atoms with van der Waals surface area (Å²) in [5.74, 6) is 0.523. The van der Waals surface area contributed by atoms with Gasteiger partial charge >= 0.3 is 5.97 Å². The van der Waals surface area contributed by atoms with Crippen LogP contribution in [0.4, 0.5) is 0 Å². The quantitative estimate of drug-likeness (QED) is 0.821. The van der Waals surface area contributed by atoms with E-state index in [1.165, 1.54) is 12.8 Å². The predicted molar refractivity (Wildman–Crippen MR) is 74.2 cm³/mol. The summed E-state index contributed by atoms with van der Waals surface area (Å²) in [7, 11) is 0. The van der Waals surface area contributed by atoms with Crippen molar-refractivity contribution in [3.8, 4) is 0 Å². The molecule has 3 nitrogen and oxygen atoms in total. The van der Waals surface area contributed by atoms with Gasteiger partial charge in [-0.3, -0.25) is 0 Å². The van der Waals surface area contributed by atoms with Gasteiger partial charge in [0.25, 0.3) is 0 Å². The van der Waals surface area contributed by atoms with Crippen molar-refractivity contribution in [2.24, 2.45) is 5.92 Å². The zero-order valence-corrected chi connectivity index (χ0v) is 12.1. The van der Waals surface area contributed by atoms with Crippen LogP contribution < -0.4 is 5.32 Å². The standard InChI is InChI=1S/C14H18BrNO2/c1-2-18-14(17)13(16-9-10-7-8-10)11-5-3-4-6-12(11)15/h3-6,10,13,16H,2,7-9H2,1H3. The SMILES string of the molecule is CCOC(=O)C(NCC1CC1)c1ccccc1Br. The average molecular weight is 312 g/mol. The minimum absolute atomic E-state index is 0.204. The van der Waals surface area contributed by atoms with Gasteiger partial charge < -0.3 is 10.1 Å². The number of esters is 1. The summed E-state index contributed by atoms with van der Waals surface area (Å²) in [6, 6.07) is 7.40. The van der Waals surface area contributed by atoms with Crippen molar-refractivity contribution < 1.29 is 9.53 Å². The molecule has 98 valence electrons. The Kier molecular flexibility index (Phi) is 4.78. The molecule has 2 rings (SSSR count). The van der Waals surface area contributed by atoms with Crippen LogP contribution in [0.1, 0.15) is 31.4 Å². The maximum atomic E-state index is 12.0. The Bertz CT molecular complexity index is 418. The lowest BCUT2D eigenvalue weighted by molar-refractivity contribution is -0.145. The summed E-state index contributed by atoms with van der Waals surface area (Å²) >= 11 is 3.49. The van der Waals surface area contributed by atoms with E-state index in [0.29, 0.717) is 6.61 Å². The summed E-state index contributed by atoms with van der Waals surface area (Å²) < 4.78 is 6.08. The van der Waals surface area contributed by atoms with Crippen LogP contribution in [-0.2, 0) is 9.53 Å². The predicted octanol–water partition coefficient (Wildman–Crippen LogP) is 3.05. The van der Waals surface area contributed by atoms with E-state index in [4.69, 9.17) is 4.74 Å². The lowest BCUT2D eigenvalue weighted by atomic mass is 10.1. The van der Waals surface area contributed by atoms with Crippen molar-refractivity contribution in [1.29, 1.82) is 0 Å². The number of rotatable bonds is 6. The van der Waals surface area contributed by atoms with Crippen LogP contribution in [0, 0.1) is 5.92 Å². The molecule has 0 heterocycles. The number of carbonyl (C=O) groups excluding carboxylic acids is 1. The first-order valence-corrected chi connectivity index (χ1v) is 7.16. The molecule has 4 heteroatoms. The fraction of sp³-hybridized carbons (Fsp3) is 0.500. The van der Waals surface area contributed by atoms with E-state index in [1.54, 1.807) is 0 Å². The topological polar surface area (TPSA) is 38.3 Å². The molecule has 0 bridgehead atoms. The molecule has 1 fully saturated rings. The monoisotopic (exact) mass is 311 g/mol. The van der Waals surface area contributed by atoms with Crippen LogP contribution >= 0.6 is 15.9 Å². The maximum Gasteiger partial charge on any atom is 0.327 e. The summed E-state index contributed by atoms with van der Waals surface area (Å²) in [6.07, 6.45) is 2.52. The van der Waals surface area contributed by atoms with Gasteiger partial charge in [-0.1, -0.05) is 34.1 Å². The lowest BCUT2D eigenvalue weighted by Gasteiger charge is -2.18. The van der Waals surface area contributed by atoms with E-state index in [-0.39, 0.29) is 12.0 Å². The first kappa shape index (κ1) is 13.6. The van der Waals surface area contributed by atoms with E-state index >= 15 is 0 Å². The van der Waals surface area contributed by atoms with Gasteiger partial charge in [0.15, 0.2) is 0 Å². The fourth-order valence-electron chi connectivity index (χ4n) is 1.86. The summed E-state index contributed by atoms with van der Waals surface area (Å²) in [4.78, 5) is 12.0. The van der Waals surface area contributed by atoms with Crippen LogP contribution in [0.25, 0.3) is 0 Å². The van der Waals surface area contributed by atoms with Gasteiger partial charge in [0, 0.05) is 4.47 Å². The van der Waals surface area contributed by atoms with E-state index < -0.39 is 0 Å². The number of nitrogens with one attached hydrogen (secondary N) is 1. The van der Waals surface area contributed by atoms with Crippen molar-refractivity contribution >= 4 is 21.9 Å².